The molecule has 3 nitrogen and oxygen atoms in total. The fourth-order valence-electron chi connectivity index (χ4n) is 2.78. The Bertz CT molecular complexity index is 228. The Morgan fingerprint density at radius 2 is 2.12 bits per heavy atom. The summed E-state index contributed by atoms with van der Waals surface area (Å²) < 4.78 is 0. The number of piperidine rings is 1. The van der Waals surface area contributed by atoms with E-state index in [1.807, 2.05) is 0 Å². The van der Waals surface area contributed by atoms with Crippen LogP contribution in [0, 0.1) is 0 Å². The molecule has 1 amide bonds. The number of hydrogen-bond acceptors (Lipinski definition) is 2. The van der Waals surface area contributed by atoms with E-state index in [2.05, 4.69) is 18.7 Å². The molecule has 1 saturated heterocycles. The van der Waals surface area contributed by atoms with Crippen LogP contribution in [0.25, 0.3) is 0 Å². The Labute approximate surface area is 106 Å². The van der Waals surface area contributed by atoms with Crippen LogP contribution in [0.5, 0.6) is 0 Å². The number of likely N-dealkylation sites (tertiary alicyclic amines) is 1. The van der Waals surface area contributed by atoms with Gasteiger partial charge in [-0.05, 0) is 32.1 Å². The van der Waals surface area contributed by atoms with E-state index >= 15 is 0 Å². The first-order valence-corrected chi connectivity index (χ1v) is 7.24. The Morgan fingerprint density at radius 1 is 1.35 bits per heavy atom. The number of carbonyl (C=O) groups excluding carboxylic acids is 1. The van der Waals surface area contributed by atoms with Gasteiger partial charge in [0, 0.05) is 25.0 Å². The Balaban J connectivity index is 2.46. The van der Waals surface area contributed by atoms with Gasteiger partial charge in [-0.1, -0.05) is 26.7 Å². The average Bonchev–Trinajstić information content (AvgIpc) is 2.30. The number of amides is 1. The summed E-state index contributed by atoms with van der Waals surface area (Å²) in [6.45, 7) is 5.26. The van der Waals surface area contributed by atoms with Crippen molar-refractivity contribution >= 4 is 5.91 Å². The molecule has 0 saturated carbocycles. The smallest absolute Gasteiger partial charge is 0.224 e. The molecule has 2 N–H and O–H groups in total. The summed E-state index contributed by atoms with van der Waals surface area (Å²) in [4.78, 5) is 14.3. The molecule has 1 aliphatic heterocycles. The van der Waals surface area contributed by atoms with Gasteiger partial charge in [0.25, 0.3) is 0 Å². The van der Waals surface area contributed by atoms with Gasteiger partial charge in [-0.3, -0.25) is 4.79 Å². The average molecular weight is 240 g/mol. The van der Waals surface area contributed by atoms with Crippen LogP contribution in [-0.4, -0.2) is 29.4 Å². The second-order valence-electron chi connectivity index (χ2n) is 5.28. The molecular formula is C14H28N2O. The van der Waals surface area contributed by atoms with Crippen molar-refractivity contribution in [1.82, 2.24) is 4.90 Å². The largest absolute Gasteiger partial charge is 0.340 e. The minimum Gasteiger partial charge on any atom is -0.340 e. The van der Waals surface area contributed by atoms with E-state index in [1.54, 1.807) is 0 Å². The van der Waals surface area contributed by atoms with E-state index in [4.69, 9.17) is 5.73 Å². The Morgan fingerprint density at radius 3 is 2.76 bits per heavy atom. The molecule has 0 bridgehead atoms. The van der Waals surface area contributed by atoms with Gasteiger partial charge < -0.3 is 10.6 Å². The van der Waals surface area contributed by atoms with Gasteiger partial charge in [0.1, 0.15) is 0 Å². The van der Waals surface area contributed by atoms with E-state index < -0.39 is 0 Å². The topological polar surface area (TPSA) is 46.3 Å². The normalized spacial score (nSPS) is 22.5. The van der Waals surface area contributed by atoms with Crippen LogP contribution < -0.4 is 5.73 Å². The van der Waals surface area contributed by atoms with E-state index in [-0.39, 0.29) is 11.9 Å². The molecule has 100 valence electrons. The van der Waals surface area contributed by atoms with Gasteiger partial charge in [0.15, 0.2) is 0 Å². The van der Waals surface area contributed by atoms with Crippen LogP contribution >= 0.6 is 0 Å². The summed E-state index contributed by atoms with van der Waals surface area (Å²) in [5, 5.41) is 0. The lowest BCUT2D eigenvalue weighted by Gasteiger charge is -2.36. The zero-order valence-electron chi connectivity index (χ0n) is 11.5. The minimum atomic E-state index is 0.0525. The summed E-state index contributed by atoms with van der Waals surface area (Å²) in [6.07, 6.45) is 8.48. The SMILES string of the molecule is CCCC(N)CC(=O)N1CCCCC1CCC. The quantitative estimate of drug-likeness (QED) is 0.776. The molecule has 17 heavy (non-hydrogen) atoms. The lowest BCUT2D eigenvalue weighted by Crippen LogP contribution is -2.45. The standard InChI is InChI=1S/C14H28N2O/c1-3-7-12(15)11-14(17)16-10-6-5-9-13(16)8-4-2/h12-13H,3-11,15H2,1-2H3. The van der Waals surface area contributed by atoms with Crippen molar-refractivity contribution in [2.75, 3.05) is 6.54 Å². The third kappa shape index (κ3) is 4.66. The third-order valence-corrected chi connectivity index (χ3v) is 3.67. The predicted molar refractivity (Wildman–Crippen MR) is 71.8 cm³/mol. The van der Waals surface area contributed by atoms with Crippen LogP contribution in [0.3, 0.4) is 0 Å². The summed E-state index contributed by atoms with van der Waals surface area (Å²) >= 11 is 0. The predicted octanol–water partition coefficient (Wildman–Crippen LogP) is 2.69. The van der Waals surface area contributed by atoms with Gasteiger partial charge in [0.05, 0.1) is 0 Å². The summed E-state index contributed by atoms with van der Waals surface area (Å²) in [7, 11) is 0. The molecule has 1 fully saturated rings. The van der Waals surface area contributed by atoms with E-state index in [0.29, 0.717) is 12.5 Å². The highest BCUT2D eigenvalue weighted by Crippen LogP contribution is 2.22. The molecule has 0 aromatic heterocycles. The summed E-state index contributed by atoms with van der Waals surface area (Å²) in [6, 6.07) is 0.534. The number of carbonyl (C=O) groups is 1. The van der Waals surface area contributed by atoms with Crippen LogP contribution in [0.4, 0.5) is 0 Å². The first kappa shape index (κ1) is 14.5. The van der Waals surface area contributed by atoms with Crippen LogP contribution in [0.15, 0.2) is 0 Å². The second kappa shape index (κ2) is 7.70. The molecular weight excluding hydrogens is 212 g/mol. The fourth-order valence-corrected chi connectivity index (χ4v) is 2.78. The van der Waals surface area contributed by atoms with Crippen molar-refractivity contribution in [1.29, 1.82) is 0 Å². The molecule has 1 aliphatic rings. The van der Waals surface area contributed by atoms with Crippen molar-refractivity contribution in [2.24, 2.45) is 5.73 Å². The molecule has 0 aromatic rings. The van der Waals surface area contributed by atoms with Gasteiger partial charge in [-0.25, -0.2) is 0 Å². The molecule has 2 atom stereocenters. The molecule has 0 aliphatic carbocycles. The molecule has 0 aromatic carbocycles. The number of nitrogens with two attached hydrogens (primary N) is 1. The number of hydrogen-bond donors (Lipinski definition) is 1. The van der Waals surface area contributed by atoms with Crippen molar-refractivity contribution in [3.63, 3.8) is 0 Å². The van der Waals surface area contributed by atoms with Crippen molar-refractivity contribution in [3.8, 4) is 0 Å². The van der Waals surface area contributed by atoms with Gasteiger partial charge in [-0.2, -0.15) is 0 Å². The maximum Gasteiger partial charge on any atom is 0.224 e. The maximum atomic E-state index is 12.2. The van der Waals surface area contributed by atoms with Gasteiger partial charge in [0.2, 0.25) is 5.91 Å². The first-order chi connectivity index (χ1) is 8.19. The summed E-state index contributed by atoms with van der Waals surface area (Å²) in [5.74, 6) is 0.282. The molecule has 0 radical (unpaired) electrons. The lowest BCUT2D eigenvalue weighted by atomic mass is 9.97. The zero-order valence-corrected chi connectivity index (χ0v) is 11.5. The minimum absolute atomic E-state index is 0.0525. The molecule has 1 heterocycles. The van der Waals surface area contributed by atoms with Gasteiger partial charge in [-0.15, -0.1) is 0 Å². The second-order valence-corrected chi connectivity index (χ2v) is 5.28. The van der Waals surface area contributed by atoms with Gasteiger partial charge >= 0.3 is 0 Å². The van der Waals surface area contributed by atoms with Crippen LogP contribution in [0.1, 0.15) is 65.2 Å². The van der Waals surface area contributed by atoms with E-state index in [1.165, 1.54) is 12.8 Å². The van der Waals surface area contributed by atoms with Crippen LogP contribution in [-0.2, 0) is 4.79 Å². The number of nitrogens with zero attached hydrogens (tertiary/aromatic N) is 1. The highest BCUT2D eigenvalue weighted by atomic mass is 16.2. The lowest BCUT2D eigenvalue weighted by molar-refractivity contribution is -0.135. The monoisotopic (exact) mass is 240 g/mol. The maximum absolute atomic E-state index is 12.2. The Kier molecular flexibility index (Phi) is 6.56. The van der Waals surface area contributed by atoms with E-state index in [0.717, 1.165) is 38.6 Å². The zero-order chi connectivity index (χ0) is 12.7. The molecule has 0 spiro atoms. The van der Waals surface area contributed by atoms with Crippen molar-refractivity contribution < 1.29 is 4.79 Å². The number of rotatable bonds is 6. The van der Waals surface area contributed by atoms with Crippen molar-refractivity contribution in [3.05, 3.63) is 0 Å². The molecule has 1 rings (SSSR count). The first-order valence-electron chi connectivity index (χ1n) is 7.24. The van der Waals surface area contributed by atoms with Crippen molar-refractivity contribution in [2.45, 2.75) is 77.3 Å². The molecule has 3 heteroatoms. The Hall–Kier alpha value is -0.570. The highest BCUT2D eigenvalue weighted by molar-refractivity contribution is 5.77. The molecule has 2 unspecified atom stereocenters. The fraction of sp³-hybridized carbons (Fsp3) is 0.929. The third-order valence-electron chi connectivity index (χ3n) is 3.67. The van der Waals surface area contributed by atoms with E-state index in [9.17, 15) is 4.79 Å². The highest BCUT2D eigenvalue weighted by Gasteiger charge is 2.26. The van der Waals surface area contributed by atoms with Crippen LogP contribution in [0.2, 0.25) is 0 Å². The summed E-state index contributed by atoms with van der Waals surface area (Å²) in [5.41, 5.74) is 5.96.